The largest absolute Gasteiger partial charge is 0.479 e. The van der Waals surface area contributed by atoms with Gasteiger partial charge in [0.05, 0.1) is 19.3 Å². The fourth-order valence-corrected chi connectivity index (χ4v) is 8.39. The molecule has 4 heterocycles. The first-order valence-electron chi connectivity index (χ1n) is 18.7. The van der Waals surface area contributed by atoms with Crippen molar-refractivity contribution >= 4 is 54.9 Å². The Balaban J connectivity index is 1.70. The molecular weight excluding hydrogens is 981 g/mol. The summed E-state index contributed by atoms with van der Waals surface area (Å²) in [5, 5.41) is 79.8. The SMILES string of the molecule is COC1C(COS(=O)(=O)O)OC(OC2C(C(=O)O)OC(OC3C(COS(=O)(=O)O)OC(OC4C(C(=O)O)OC(C)C(O)C4O)C(NC(C)=O)C3O)C(O)C2O)C(NC(C)=O)C1OS(=O)(=O)O. The minimum atomic E-state index is -5.52. The van der Waals surface area contributed by atoms with Gasteiger partial charge in [0.2, 0.25) is 11.8 Å². The number of carbonyl (C=O) groups is 4. The third kappa shape index (κ3) is 14.3. The zero-order valence-electron chi connectivity index (χ0n) is 34.2. The van der Waals surface area contributed by atoms with Gasteiger partial charge in [0.25, 0.3) is 0 Å². The fraction of sp³-hybridized carbons (Fsp3) is 0.867. The van der Waals surface area contributed by atoms with E-state index >= 15 is 0 Å². The van der Waals surface area contributed by atoms with Crippen LogP contribution in [0.2, 0.25) is 0 Å². The highest BCUT2D eigenvalue weighted by Crippen LogP contribution is 2.36. The fourth-order valence-electron chi connectivity index (χ4n) is 7.27. The van der Waals surface area contributed by atoms with Crippen LogP contribution in [0, 0.1) is 0 Å². The van der Waals surface area contributed by atoms with Crippen LogP contribution in [0.1, 0.15) is 20.8 Å². The molecule has 20 atom stereocenters. The minimum absolute atomic E-state index is 0.856. The lowest BCUT2D eigenvalue weighted by molar-refractivity contribution is -0.367. The van der Waals surface area contributed by atoms with Gasteiger partial charge in [0, 0.05) is 21.0 Å². The maximum absolute atomic E-state index is 12.7. The van der Waals surface area contributed by atoms with Gasteiger partial charge in [-0.3, -0.25) is 23.2 Å². The molecule has 0 spiro atoms. The molecule has 20 unspecified atom stereocenters. The highest BCUT2D eigenvalue weighted by molar-refractivity contribution is 7.81. The standard InChI is InChI=1S/C30H48N2O31S3/c1-7-14(35)16(37)22(24(56-7)26(40)41)60-28-12(31-8(2)33)15(36)19(10(57-28)5-54-64(44,45)46)59-30-18(39)17(38)23(25(62-30)27(42)43)61-29-13(32-9(3)34)21(63-66(50,51)52)20(53-4)11(58-29)6-55-65(47,48)49/h7,10-25,28-30,35-39H,5-6H2,1-4H3,(H,31,33)(H,32,34)(H,40,41)(H,42,43)(H,44,45,46)(H,47,48,49)(H,50,51,52). The number of carboxylic acid groups (broad SMARTS) is 2. The van der Waals surface area contributed by atoms with Gasteiger partial charge in [-0.1, -0.05) is 0 Å². The summed E-state index contributed by atoms with van der Waals surface area (Å²) in [5.74, 6) is -5.80. The van der Waals surface area contributed by atoms with Gasteiger partial charge in [0.15, 0.2) is 31.1 Å². The van der Waals surface area contributed by atoms with Crippen molar-refractivity contribution < 1.29 is 144 Å². The normalized spacial score (nSPS) is 40.2. The third-order valence-electron chi connectivity index (χ3n) is 10.1. The van der Waals surface area contributed by atoms with Crippen LogP contribution in [0.15, 0.2) is 0 Å². The van der Waals surface area contributed by atoms with Crippen LogP contribution in [-0.4, -0.2) is 241 Å². The van der Waals surface area contributed by atoms with E-state index in [0.717, 1.165) is 21.0 Å². The van der Waals surface area contributed by atoms with Gasteiger partial charge in [-0.25, -0.2) is 22.1 Å². The Morgan fingerprint density at radius 1 is 0.530 bits per heavy atom. The summed E-state index contributed by atoms with van der Waals surface area (Å²) in [6.07, 6.45) is -39.0. The van der Waals surface area contributed by atoms with Crippen LogP contribution < -0.4 is 10.6 Å². The Labute approximate surface area is 372 Å². The molecule has 0 aromatic carbocycles. The molecule has 66 heavy (non-hydrogen) atoms. The highest BCUT2D eigenvalue weighted by Gasteiger charge is 2.58. The zero-order valence-corrected chi connectivity index (χ0v) is 36.7. The van der Waals surface area contributed by atoms with Crippen LogP contribution in [0.5, 0.6) is 0 Å². The summed E-state index contributed by atoms with van der Waals surface area (Å²) in [5.41, 5.74) is 0. The second-order valence-corrected chi connectivity index (χ2v) is 18.0. The molecule has 4 saturated heterocycles. The molecule has 12 N–H and O–H groups in total. The van der Waals surface area contributed by atoms with E-state index in [1.165, 1.54) is 6.92 Å². The summed E-state index contributed by atoms with van der Waals surface area (Å²) >= 11 is 0. The molecule has 382 valence electrons. The van der Waals surface area contributed by atoms with Crippen LogP contribution in [0.25, 0.3) is 0 Å². The first-order chi connectivity index (χ1) is 30.3. The Bertz CT molecular complexity index is 2060. The van der Waals surface area contributed by atoms with Gasteiger partial charge in [0.1, 0.15) is 85.3 Å². The van der Waals surface area contributed by atoms with Crippen molar-refractivity contribution in [3.63, 3.8) is 0 Å². The molecule has 4 aliphatic rings. The topological polar surface area (TPSA) is 499 Å². The Morgan fingerprint density at radius 3 is 1.39 bits per heavy atom. The number of hydrogen-bond donors (Lipinski definition) is 12. The molecule has 4 fully saturated rings. The average molecular weight is 1030 g/mol. The van der Waals surface area contributed by atoms with Gasteiger partial charge in [-0.2, -0.15) is 25.3 Å². The van der Waals surface area contributed by atoms with Crippen molar-refractivity contribution in [3.05, 3.63) is 0 Å². The Morgan fingerprint density at radius 2 is 0.955 bits per heavy atom. The van der Waals surface area contributed by atoms with Crippen LogP contribution in [-0.2, 0) is 101 Å². The Hall–Kier alpha value is -3.03. The number of aliphatic hydroxyl groups is 5. The average Bonchev–Trinajstić information content (AvgIpc) is 3.17. The first-order valence-corrected chi connectivity index (χ1v) is 22.8. The van der Waals surface area contributed by atoms with E-state index in [9.17, 15) is 89.3 Å². The van der Waals surface area contributed by atoms with Crippen molar-refractivity contribution in [1.82, 2.24) is 10.6 Å². The number of methoxy groups -OCH3 is 1. The van der Waals surface area contributed by atoms with Gasteiger partial charge in [-0.15, -0.1) is 0 Å². The number of amides is 2. The molecule has 0 aromatic heterocycles. The molecule has 36 heteroatoms. The maximum atomic E-state index is 12.7. The van der Waals surface area contributed by atoms with E-state index in [1.54, 1.807) is 0 Å². The van der Waals surface area contributed by atoms with Crippen molar-refractivity contribution in [2.24, 2.45) is 0 Å². The van der Waals surface area contributed by atoms with Crippen LogP contribution >= 0.6 is 0 Å². The first kappa shape index (κ1) is 55.6. The summed E-state index contributed by atoms with van der Waals surface area (Å²) in [4.78, 5) is 49.4. The van der Waals surface area contributed by atoms with Gasteiger partial charge >= 0.3 is 43.1 Å². The quantitative estimate of drug-likeness (QED) is 0.0535. The minimum Gasteiger partial charge on any atom is -0.479 e. The molecule has 4 rings (SSSR count). The number of carbonyl (C=O) groups excluding carboxylic acids is 2. The molecule has 0 aliphatic carbocycles. The number of aliphatic hydroxyl groups excluding tert-OH is 5. The number of rotatable bonds is 19. The van der Waals surface area contributed by atoms with E-state index in [0.29, 0.717) is 0 Å². The van der Waals surface area contributed by atoms with E-state index in [1.807, 2.05) is 0 Å². The molecule has 4 aliphatic heterocycles. The van der Waals surface area contributed by atoms with Crippen LogP contribution in [0.4, 0.5) is 0 Å². The zero-order chi connectivity index (χ0) is 50.0. The van der Waals surface area contributed by atoms with E-state index in [4.69, 9.17) is 42.4 Å². The molecular formula is C30H48N2O31S3. The summed E-state index contributed by atoms with van der Waals surface area (Å²) in [7, 11) is -15.3. The molecule has 0 bridgehead atoms. The number of hydrogen-bond acceptors (Lipinski definition) is 26. The summed E-state index contributed by atoms with van der Waals surface area (Å²) in [6, 6.07) is -3.99. The van der Waals surface area contributed by atoms with Crippen molar-refractivity contribution in [1.29, 1.82) is 0 Å². The van der Waals surface area contributed by atoms with E-state index in [-0.39, 0.29) is 0 Å². The second-order valence-electron chi connectivity index (χ2n) is 14.8. The smallest absolute Gasteiger partial charge is 0.397 e. The maximum Gasteiger partial charge on any atom is 0.397 e. The third-order valence-corrected chi connectivity index (χ3v) is 11.4. The number of nitrogens with one attached hydrogen (secondary N) is 2. The monoisotopic (exact) mass is 1030 g/mol. The predicted octanol–water partition coefficient (Wildman–Crippen LogP) is -8.07. The predicted molar refractivity (Wildman–Crippen MR) is 198 cm³/mol. The molecule has 0 aromatic rings. The summed E-state index contributed by atoms with van der Waals surface area (Å²) in [6.45, 7) is 0.323. The molecule has 33 nitrogen and oxygen atoms in total. The van der Waals surface area contributed by atoms with Gasteiger partial charge in [-0.05, 0) is 6.92 Å². The lowest BCUT2D eigenvalue weighted by Gasteiger charge is -2.50. The van der Waals surface area contributed by atoms with E-state index < -0.39 is 191 Å². The number of aliphatic carboxylic acids is 2. The van der Waals surface area contributed by atoms with Crippen molar-refractivity contribution in [2.45, 2.75) is 143 Å². The number of carboxylic acids is 2. The molecule has 0 radical (unpaired) electrons. The van der Waals surface area contributed by atoms with Gasteiger partial charge < -0.3 is 84.3 Å². The van der Waals surface area contributed by atoms with E-state index in [2.05, 4.69) is 23.2 Å². The van der Waals surface area contributed by atoms with Crippen LogP contribution in [0.3, 0.4) is 0 Å². The summed E-state index contributed by atoms with van der Waals surface area (Å²) < 4.78 is 155. The lowest BCUT2D eigenvalue weighted by Crippen LogP contribution is -2.70. The Kier molecular flexibility index (Phi) is 18.7. The second kappa shape index (κ2) is 22.2. The molecule has 2 amide bonds. The number of ether oxygens (including phenoxy) is 8. The van der Waals surface area contributed by atoms with Crippen molar-refractivity contribution in [2.75, 3.05) is 20.3 Å². The molecule has 0 saturated carbocycles. The highest BCUT2D eigenvalue weighted by atomic mass is 32.3. The lowest BCUT2D eigenvalue weighted by atomic mass is 9.93. The van der Waals surface area contributed by atoms with Crippen molar-refractivity contribution in [3.8, 4) is 0 Å².